The van der Waals surface area contributed by atoms with Gasteiger partial charge in [-0.05, 0) is 47.9 Å². The van der Waals surface area contributed by atoms with Crippen LogP contribution in [-0.2, 0) is 0 Å². The molecule has 2 heterocycles. The fraction of sp³-hybridized carbons (Fsp3) is 0.345. The van der Waals surface area contributed by atoms with Crippen molar-refractivity contribution in [3.05, 3.63) is 78.1 Å². The first-order valence-corrected chi connectivity index (χ1v) is 13.0. The minimum Gasteiger partial charge on any atom is -0.340 e. The van der Waals surface area contributed by atoms with Gasteiger partial charge < -0.3 is 20.1 Å². The number of hydrogen-bond donors (Lipinski definition) is 2. The van der Waals surface area contributed by atoms with Crippen LogP contribution in [-0.4, -0.2) is 57.4 Å². The van der Waals surface area contributed by atoms with E-state index in [1.165, 1.54) is 6.42 Å². The van der Waals surface area contributed by atoms with Gasteiger partial charge in [0.1, 0.15) is 11.9 Å². The molecule has 7 heteroatoms. The van der Waals surface area contributed by atoms with Gasteiger partial charge in [0.25, 0.3) is 5.91 Å². The molecule has 1 aliphatic carbocycles. The van der Waals surface area contributed by atoms with E-state index in [-0.39, 0.29) is 24.0 Å². The maximum absolute atomic E-state index is 13.6. The Morgan fingerprint density at radius 1 is 0.889 bits per heavy atom. The minimum atomic E-state index is -0.348. The quantitative estimate of drug-likeness (QED) is 0.419. The number of urea groups is 1. The lowest BCUT2D eigenvalue weighted by atomic mass is 9.95. The fourth-order valence-corrected chi connectivity index (χ4v) is 5.58. The molecule has 1 saturated heterocycles. The summed E-state index contributed by atoms with van der Waals surface area (Å²) in [7, 11) is 0. The Morgan fingerprint density at radius 2 is 1.67 bits per heavy atom. The molecule has 1 saturated carbocycles. The molecule has 6 rings (SSSR count). The average Bonchev–Trinajstić information content (AvgIpc) is 3.37. The molecule has 184 valence electrons. The second-order valence-corrected chi connectivity index (χ2v) is 9.95. The summed E-state index contributed by atoms with van der Waals surface area (Å²) >= 11 is 0. The van der Waals surface area contributed by atoms with Gasteiger partial charge in [-0.15, -0.1) is 0 Å². The van der Waals surface area contributed by atoms with Gasteiger partial charge in [-0.25, -0.2) is 9.78 Å². The number of amides is 3. The van der Waals surface area contributed by atoms with E-state index in [1.807, 2.05) is 76.5 Å². The predicted molar refractivity (Wildman–Crippen MR) is 141 cm³/mol. The summed E-state index contributed by atoms with van der Waals surface area (Å²) in [6.45, 7) is 1.34. The third-order valence-corrected chi connectivity index (χ3v) is 7.58. The van der Waals surface area contributed by atoms with Gasteiger partial charge in [0.2, 0.25) is 0 Å². The monoisotopic (exact) mass is 481 g/mol. The third kappa shape index (κ3) is 4.41. The van der Waals surface area contributed by atoms with E-state index in [0.29, 0.717) is 31.0 Å². The molecule has 4 aromatic rings. The Labute approximate surface area is 210 Å². The second kappa shape index (κ2) is 9.64. The number of para-hydroxylation sites is 2. The van der Waals surface area contributed by atoms with Crippen LogP contribution in [0.5, 0.6) is 0 Å². The number of nitrogens with one attached hydrogen (secondary N) is 2. The van der Waals surface area contributed by atoms with Crippen LogP contribution in [0.2, 0.25) is 0 Å². The molecule has 1 aliphatic heterocycles. The highest BCUT2D eigenvalue weighted by Gasteiger charge is 2.36. The number of H-pyrrole nitrogens is 1. The summed E-state index contributed by atoms with van der Waals surface area (Å²) in [5.41, 5.74) is 2.45. The Bertz CT molecular complexity index is 1370. The number of rotatable bonds is 3. The van der Waals surface area contributed by atoms with E-state index >= 15 is 0 Å². The van der Waals surface area contributed by atoms with Gasteiger partial charge in [0.05, 0.1) is 11.0 Å². The molecule has 1 aromatic heterocycles. The molecule has 2 fully saturated rings. The van der Waals surface area contributed by atoms with E-state index in [0.717, 1.165) is 47.5 Å². The van der Waals surface area contributed by atoms with Crippen molar-refractivity contribution in [2.24, 2.45) is 0 Å². The maximum Gasteiger partial charge on any atom is 0.318 e. The van der Waals surface area contributed by atoms with E-state index in [4.69, 9.17) is 4.98 Å². The number of aromatic nitrogens is 2. The van der Waals surface area contributed by atoms with Crippen molar-refractivity contribution in [2.75, 3.05) is 19.6 Å². The highest BCUT2D eigenvalue weighted by atomic mass is 16.2. The number of piperazine rings is 1. The largest absolute Gasteiger partial charge is 0.340 e. The smallest absolute Gasteiger partial charge is 0.318 e. The van der Waals surface area contributed by atoms with Crippen LogP contribution in [0.1, 0.15) is 54.3 Å². The molecule has 2 N–H and O–H groups in total. The molecule has 0 spiro atoms. The number of carbonyl (C=O) groups is 2. The number of hydrogen-bond acceptors (Lipinski definition) is 3. The Kier molecular flexibility index (Phi) is 6.05. The van der Waals surface area contributed by atoms with Gasteiger partial charge >= 0.3 is 6.03 Å². The first-order valence-electron chi connectivity index (χ1n) is 13.0. The minimum absolute atomic E-state index is 0.0193. The van der Waals surface area contributed by atoms with Crippen molar-refractivity contribution in [1.29, 1.82) is 0 Å². The third-order valence-electron chi connectivity index (χ3n) is 7.58. The lowest BCUT2D eigenvalue weighted by Crippen LogP contribution is -2.56. The van der Waals surface area contributed by atoms with Crippen molar-refractivity contribution in [3.63, 3.8) is 0 Å². The van der Waals surface area contributed by atoms with Gasteiger partial charge in [0, 0.05) is 31.2 Å². The number of carbonyl (C=O) groups excluding carboxylic acids is 2. The van der Waals surface area contributed by atoms with Crippen molar-refractivity contribution in [2.45, 2.75) is 44.2 Å². The van der Waals surface area contributed by atoms with E-state index < -0.39 is 0 Å². The number of imidazole rings is 1. The summed E-state index contributed by atoms with van der Waals surface area (Å²) in [5.74, 6) is 0.695. The molecule has 3 amide bonds. The molecule has 36 heavy (non-hydrogen) atoms. The second-order valence-electron chi connectivity index (χ2n) is 9.95. The van der Waals surface area contributed by atoms with Crippen LogP contribution in [0.4, 0.5) is 4.79 Å². The standard InChI is InChI=1S/C29H31N5O2/c35-28(22-15-14-20-8-4-5-9-21(20)18-22)33-16-17-34(29(36)30-23-10-2-1-3-11-23)26(19-33)27-31-24-12-6-7-13-25(24)32-27/h4-9,12-15,18,23,26H,1-3,10-11,16-17,19H2,(H,30,36)(H,31,32). The highest BCUT2D eigenvalue weighted by Crippen LogP contribution is 2.28. The van der Waals surface area contributed by atoms with Gasteiger partial charge in [-0.2, -0.15) is 0 Å². The van der Waals surface area contributed by atoms with Crippen LogP contribution < -0.4 is 5.32 Å². The van der Waals surface area contributed by atoms with Gasteiger partial charge in [-0.1, -0.05) is 61.7 Å². The van der Waals surface area contributed by atoms with E-state index in [2.05, 4.69) is 10.3 Å². The number of fused-ring (bicyclic) bond motifs is 2. The molecular weight excluding hydrogens is 450 g/mol. The van der Waals surface area contributed by atoms with Crippen LogP contribution in [0.15, 0.2) is 66.7 Å². The Morgan fingerprint density at radius 3 is 2.50 bits per heavy atom. The Balaban J connectivity index is 1.28. The summed E-state index contributed by atoms with van der Waals surface area (Å²) < 4.78 is 0. The first-order chi connectivity index (χ1) is 17.7. The van der Waals surface area contributed by atoms with Crippen molar-refractivity contribution in [3.8, 4) is 0 Å². The lowest BCUT2D eigenvalue weighted by molar-refractivity contribution is 0.0540. The van der Waals surface area contributed by atoms with E-state index in [9.17, 15) is 9.59 Å². The number of nitrogens with zero attached hydrogens (tertiary/aromatic N) is 3. The highest BCUT2D eigenvalue weighted by molar-refractivity contribution is 5.98. The summed E-state index contributed by atoms with van der Waals surface area (Å²) in [6, 6.07) is 21.6. The zero-order chi connectivity index (χ0) is 24.5. The summed E-state index contributed by atoms with van der Waals surface area (Å²) in [6.07, 6.45) is 5.62. The topological polar surface area (TPSA) is 81.3 Å². The maximum atomic E-state index is 13.6. The molecule has 1 unspecified atom stereocenters. The number of benzene rings is 3. The zero-order valence-corrected chi connectivity index (χ0v) is 20.3. The van der Waals surface area contributed by atoms with Crippen LogP contribution in [0.25, 0.3) is 21.8 Å². The molecule has 1 atom stereocenters. The van der Waals surface area contributed by atoms with Crippen molar-refractivity contribution < 1.29 is 9.59 Å². The first kappa shape index (κ1) is 22.6. The number of aromatic amines is 1. The van der Waals surface area contributed by atoms with Gasteiger partial charge in [-0.3, -0.25) is 4.79 Å². The molecular formula is C29H31N5O2. The normalized spacial score (nSPS) is 19.1. The fourth-order valence-electron chi connectivity index (χ4n) is 5.58. The summed E-state index contributed by atoms with van der Waals surface area (Å²) in [5, 5.41) is 5.41. The van der Waals surface area contributed by atoms with Crippen molar-refractivity contribution in [1.82, 2.24) is 25.1 Å². The van der Waals surface area contributed by atoms with Crippen LogP contribution in [0, 0.1) is 0 Å². The SMILES string of the molecule is O=C(c1ccc2ccccc2c1)N1CCN(C(=O)NC2CCCCC2)C(c2nc3ccccc3[nH]2)C1. The Hall–Kier alpha value is -3.87. The summed E-state index contributed by atoms with van der Waals surface area (Å²) in [4.78, 5) is 38.9. The molecule has 0 radical (unpaired) electrons. The molecule has 0 bridgehead atoms. The van der Waals surface area contributed by atoms with Gasteiger partial charge in [0.15, 0.2) is 0 Å². The van der Waals surface area contributed by atoms with Crippen molar-refractivity contribution >= 4 is 33.7 Å². The predicted octanol–water partition coefficient (Wildman–Crippen LogP) is 5.26. The lowest BCUT2D eigenvalue weighted by Gasteiger charge is -2.41. The van der Waals surface area contributed by atoms with Crippen LogP contribution >= 0.6 is 0 Å². The van der Waals surface area contributed by atoms with Crippen LogP contribution in [0.3, 0.4) is 0 Å². The van der Waals surface area contributed by atoms with E-state index in [1.54, 1.807) is 0 Å². The molecule has 7 nitrogen and oxygen atoms in total. The molecule has 2 aliphatic rings. The zero-order valence-electron chi connectivity index (χ0n) is 20.3. The molecule has 3 aromatic carbocycles. The average molecular weight is 482 g/mol.